The van der Waals surface area contributed by atoms with Gasteiger partial charge in [-0.2, -0.15) is 0 Å². The Morgan fingerprint density at radius 3 is 2.50 bits per heavy atom. The molecule has 4 heteroatoms. The van der Waals surface area contributed by atoms with Gasteiger partial charge in [0.2, 0.25) is 5.91 Å². The minimum Gasteiger partial charge on any atom is -0.343 e. The molecule has 1 unspecified atom stereocenters. The maximum absolute atomic E-state index is 12.0. The number of carbonyl (C=O) groups is 1. The summed E-state index contributed by atoms with van der Waals surface area (Å²) in [4.78, 5) is 16.3. The molecule has 0 aromatic rings. The van der Waals surface area contributed by atoms with Gasteiger partial charge in [-0.15, -0.1) is 0 Å². The fourth-order valence-electron chi connectivity index (χ4n) is 2.71. The molecule has 0 aromatic carbocycles. The average Bonchev–Trinajstić information content (AvgIpc) is 2.29. The van der Waals surface area contributed by atoms with Crippen molar-refractivity contribution >= 4 is 5.91 Å². The quantitative estimate of drug-likeness (QED) is 0.778. The maximum atomic E-state index is 12.0. The summed E-state index contributed by atoms with van der Waals surface area (Å²) in [6.07, 6.45) is 4.79. The first kappa shape index (κ1) is 15.4. The third-order valence-corrected chi connectivity index (χ3v) is 3.69. The van der Waals surface area contributed by atoms with Gasteiger partial charge in [-0.05, 0) is 39.3 Å². The van der Waals surface area contributed by atoms with Gasteiger partial charge >= 0.3 is 0 Å². The van der Waals surface area contributed by atoms with E-state index in [1.54, 1.807) is 0 Å². The van der Waals surface area contributed by atoms with Crippen molar-refractivity contribution < 1.29 is 4.79 Å². The van der Waals surface area contributed by atoms with Crippen molar-refractivity contribution in [1.82, 2.24) is 9.80 Å². The van der Waals surface area contributed by atoms with Crippen LogP contribution in [0.1, 0.15) is 39.0 Å². The van der Waals surface area contributed by atoms with E-state index in [4.69, 9.17) is 5.73 Å². The topological polar surface area (TPSA) is 49.6 Å². The smallest absolute Gasteiger partial charge is 0.224 e. The number of piperidine rings is 1. The molecule has 0 bridgehead atoms. The molecule has 0 aromatic heterocycles. The highest BCUT2D eigenvalue weighted by Gasteiger charge is 2.23. The Labute approximate surface area is 111 Å². The van der Waals surface area contributed by atoms with E-state index in [0.717, 1.165) is 51.2 Å². The molecule has 18 heavy (non-hydrogen) atoms. The second-order valence-electron chi connectivity index (χ2n) is 5.84. The third kappa shape index (κ3) is 5.36. The van der Waals surface area contributed by atoms with E-state index < -0.39 is 0 Å². The van der Waals surface area contributed by atoms with Crippen molar-refractivity contribution in [2.24, 2.45) is 11.7 Å². The Morgan fingerprint density at radius 1 is 1.39 bits per heavy atom. The Hall–Kier alpha value is -0.610. The summed E-state index contributed by atoms with van der Waals surface area (Å²) in [5.41, 5.74) is 5.93. The molecule has 0 aliphatic carbocycles. The van der Waals surface area contributed by atoms with Crippen LogP contribution in [0.5, 0.6) is 0 Å². The van der Waals surface area contributed by atoms with Gasteiger partial charge in [-0.3, -0.25) is 4.79 Å². The number of nitrogens with zero attached hydrogens (tertiary/aromatic N) is 2. The van der Waals surface area contributed by atoms with Crippen LogP contribution in [0.3, 0.4) is 0 Å². The van der Waals surface area contributed by atoms with Gasteiger partial charge in [0.05, 0.1) is 0 Å². The molecule has 1 aliphatic rings. The Kier molecular flexibility index (Phi) is 6.65. The van der Waals surface area contributed by atoms with E-state index >= 15 is 0 Å². The summed E-state index contributed by atoms with van der Waals surface area (Å²) in [6, 6.07) is 0.0435. The molecule has 1 rings (SSSR count). The zero-order valence-electron chi connectivity index (χ0n) is 12.2. The maximum Gasteiger partial charge on any atom is 0.224 e. The molecule has 0 saturated carbocycles. The predicted octanol–water partition coefficient (Wildman–Crippen LogP) is 1.30. The van der Waals surface area contributed by atoms with Crippen LogP contribution in [0.15, 0.2) is 0 Å². The number of amides is 1. The zero-order chi connectivity index (χ0) is 13.5. The molecule has 2 N–H and O–H groups in total. The zero-order valence-corrected chi connectivity index (χ0v) is 12.2. The fraction of sp³-hybridized carbons (Fsp3) is 0.929. The van der Waals surface area contributed by atoms with Crippen LogP contribution in [0.4, 0.5) is 0 Å². The summed E-state index contributed by atoms with van der Waals surface area (Å²) in [7, 11) is 4.22. The van der Waals surface area contributed by atoms with Crippen molar-refractivity contribution in [3.63, 3.8) is 0 Å². The highest BCUT2D eigenvalue weighted by Crippen LogP contribution is 2.18. The van der Waals surface area contributed by atoms with Crippen molar-refractivity contribution in [3.05, 3.63) is 0 Å². The van der Waals surface area contributed by atoms with E-state index in [-0.39, 0.29) is 11.9 Å². The minimum atomic E-state index is 0.0435. The van der Waals surface area contributed by atoms with E-state index in [0.29, 0.717) is 6.42 Å². The van der Waals surface area contributed by atoms with Gasteiger partial charge in [0.15, 0.2) is 0 Å². The lowest BCUT2D eigenvalue weighted by molar-refractivity contribution is -0.133. The van der Waals surface area contributed by atoms with Crippen LogP contribution >= 0.6 is 0 Å². The van der Waals surface area contributed by atoms with Crippen molar-refractivity contribution in [2.45, 2.75) is 45.1 Å². The molecule has 1 saturated heterocycles. The Morgan fingerprint density at radius 2 is 2.00 bits per heavy atom. The molecule has 1 atom stereocenters. The molecular formula is C14H29N3O. The number of hydrogen-bond donors (Lipinski definition) is 1. The largest absolute Gasteiger partial charge is 0.343 e. The van der Waals surface area contributed by atoms with Crippen LogP contribution in [0.2, 0.25) is 0 Å². The van der Waals surface area contributed by atoms with Gasteiger partial charge in [-0.25, -0.2) is 0 Å². The van der Waals surface area contributed by atoms with Gasteiger partial charge < -0.3 is 15.5 Å². The SMILES string of the molecule is CCCC(N)CC(=O)N1CCC(CN(C)C)CC1. The Balaban J connectivity index is 2.27. The fourth-order valence-corrected chi connectivity index (χ4v) is 2.71. The molecule has 0 radical (unpaired) electrons. The van der Waals surface area contributed by atoms with Crippen LogP contribution in [0.25, 0.3) is 0 Å². The summed E-state index contributed by atoms with van der Waals surface area (Å²) < 4.78 is 0. The molecule has 4 nitrogen and oxygen atoms in total. The van der Waals surface area contributed by atoms with Crippen LogP contribution in [0, 0.1) is 5.92 Å². The summed E-state index contributed by atoms with van der Waals surface area (Å²) in [5.74, 6) is 0.993. The normalized spacial score (nSPS) is 19.3. The highest BCUT2D eigenvalue weighted by molar-refractivity contribution is 5.76. The molecule has 1 fully saturated rings. The average molecular weight is 255 g/mol. The van der Waals surface area contributed by atoms with Crippen LogP contribution < -0.4 is 5.73 Å². The third-order valence-electron chi connectivity index (χ3n) is 3.69. The molecular weight excluding hydrogens is 226 g/mol. The van der Waals surface area contributed by atoms with E-state index in [1.165, 1.54) is 0 Å². The number of nitrogens with two attached hydrogens (primary N) is 1. The van der Waals surface area contributed by atoms with Crippen molar-refractivity contribution in [2.75, 3.05) is 33.7 Å². The van der Waals surface area contributed by atoms with Crippen molar-refractivity contribution in [3.8, 4) is 0 Å². The summed E-state index contributed by atoms with van der Waals surface area (Å²) >= 11 is 0. The number of hydrogen-bond acceptors (Lipinski definition) is 3. The van der Waals surface area contributed by atoms with Crippen LogP contribution in [-0.4, -0.2) is 55.5 Å². The lowest BCUT2D eigenvalue weighted by atomic mass is 9.96. The molecule has 1 aliphatic heterocycles. The Bertz CT molecular complexity index is 247. The first-order chi connectivity index (χ1) is 8.52. The van der Waals surface area contributed by atoms with Gasteiger partial charge in [0.25, 0.3) is 0 Å². The van der Waals surface area contributed by atoms with Gasteiger partial charge in [-0.1, -0.05) is 13.3 Å². The monoisotopic (exact) mass is 255 g/mol. The molecule has 1 amide bonds. The molecule has 106 valence electrons. The van der Waals surface area contributed by atoms with E-state index in [9.17, 15) is 4.79 Å². The summed E-state index contributed by atoms with van der Waals surface area (Å²) in [5, 5.41) is 0. The predicted molar refractivity (Wildman–Crippen MR) is 75.4 cm³/mol. The lowest BCUT2D eigenvalue weighted by Gasteiger charge is -2.33. The number of rotatable bonds is 6. The highest BCUT2D eigenvalue weighted by atomic mass is 16.2. The lowest BCUT2D eigenvalue weighted by Crippen LogP contribution is -2.42. The van der Waals surface area contributed by atoms with Crippen molar-refractivity contribution in [1.29, 1.82) is 0 Å². The second-order valence-corrected chi connectivity index (χ2v) is 5.84. The molecule has 0 spiro atoms. The first-order valence-electron chi connectivity index (χ1n) is 7.21. The van der Waals surface area contributed by atoms with Gasteiger partial charge in [0, 0.05) is 32.1 Å². The second kappa shape index (κ2) is 7.74. The number of carbonyl (C=O) groups excluding carboxylic acids is 1. The summed E-state index contributed by atoms with van der Waals surface area (Å²) in [6.45, 7) is 5.07. The molecule has 1 heterocycles. The van der Waals surface area contributed by atoms with Crippen LogP contribution in [-0.2, 0) is 4.79 Å². The first-order valence-corrected chi connectivity index (χ1v) is 7.21. The van der Waals surface area contributed by atoms with Gasteiger partial charge in [0.1, 0.15) is 0 Å². The van der Waals surface area contributed by atoms with E-state index in [1.807, 2.05) is 4.90 Å². The van der Waals surface area contributed by atoms with E-state index in [2.05, 4.69) is 25.9 Å². The standard InChI is InChI=1S/C14H29N3O/c1-4-5-13(15)10-14(18)17-8-6-12(7-9-17)11-16(2)3/h12-13H,4-11,15H2,1-3H3. The minimum absolute atomic E-state index is 0.0435. The number of likely N-dealkylation sites (tertiary alicyclic amines) is 1.